The quantitative estimate of drug-likeness (QED) is 0.586. The first-order valence-corrected chi connectivity index (χ1v) is 11.6. The smallest absolute Gasteiger partial charge is 0.321 e. The molecule has 29 heavy (non-hydrogen) atoms. The fourth-order valence-electron chi connectivity index (χ4n) is 3.27. The number of sulfonamides is 1. The highest BCUT2D eigenvalue weighted by molar-refractivity contribution is 7.89. The first-order chi connectivity index (χ1) is 13.6. The van der Waals surface area contributed by atoms with Crippen LogP contribution in [0.4, 0.5) is 4.79 Å². The standard InChI is InChI=1S/C20H32N4O4S/c1-5-16(4)17-6-8-18(9-7-17)29(27,28)24-12-10-23(11-13-24)14-19(25)22-20(26)21-15(2)3/h6-9,15-16H,5,10-14H2,1-4H3,(H2,21,22,25,26)/p+1/t16-/m0/s1. The van der Waals surface area contributed by atoms with E-state index in [-0.39, 0.29) is 18.5 Å². The Morgan fingerprint density at radius 2 is 1.69 bits per heavy atom. The number of quaternary nitrogens is 1. The minimum absolute atomic E-state index is 0.0526. The molecule has 3 N–H and O–H groups in total. The molecule has 8 nitrogen and oxygen atoms in total. The van der Waals surface area contributed by atoms with E-state index >= 15 is 0 Å². The monoisotopic (exact) mass is 425 g/mol. The van der Waals surface area contributed by atoms with Gasteiger partial charge < -0.3 is 10.2 Å². The van der Waals surface area contributed by atoms with E-state index in [4.69, 9.17) is 0 Å². The van der Waals surface area contributed by atoms with Crippen LogP contribution < -0.4 is 15.5 Å². The predicted octanol–water partition coefficient (Wildman–Crippen LogP) is 0.324. The topological polar surface area (TPSA) is 100 Å². The third-order valence-corrected chi connectivity index (χ3v) is 7.12. The fraction of sp³-hybridized carbons (Fsp3) is 0.600. The molecule has 162 valence electrons. The number of rotatable bonds is 7. The Bertz CT molecular complexity index is 800. The molecule has 1 aromatic rings. The van der Waals surface area contributed by atoms with Crippen molar-refractivity contribution in [2.24, 2.45) is 0 Å². The molecule has 0 aliphatic carbocycles. The Morgan fingerprint density at radius 3 is 2.21 bits per heavy atom. The number of piperazine rings is 1. The van der Waals surface area contributed by atoms with Crippen molar-refractivity contribution in [2.45, 2.75) is 51.0 Å². The molecule has 0 saturated carbocycles. The van der Waals surface area contributed by atoms with Crippen LogP contribution in [0.5, 0.6) is 0 Å². The largest absolute Gasteiger partial charge is 0.336 e. The summed E-state index contributed by atoms with van der Waals surface area (Å²) in [6.45, 7) is 9.71. The molecule has 0 radical (unpaired) electrons. The Kier molecular flexibility index (Phi) is 8.18. The van der Waals surface area contributed by atoms with E-state index < -0.39 is 16.1 Å². The van der Waals surface area contributed by atoms with Crippen molar-refractivity contribution in [1.82, 2.24) is 14.9 Å². The number of imide groups is 1. The summed E-state index contributed by atoms with van der Waals surface area (Å²) in [5, 5.41) is 4.91. The molecule has 0 bridgehead atoms. The zero-order valence-corrected chi connectivity index (χ0v) is 18.5. The minimum Gasteiger partial charge on any atom is -0.336 e. The van der Waals surface area contributed by atoms with E-state index in [1.54, 1.807) is 12.1 Å². The second-order valence-corrected chi connectivity index (χ2v) is 9.82. The van der Waals surface area contributed by atoms with Gasteiger partial charge in [-0.25, -0.2) is 13.2 Å². The van der Waals surface area contributed by atoms with Crippen LogP contribution in [-0.2, 0) is 14.8 Å². The zero-order valence-electron chi connectivity index (χ0n) is 17.7. The van der Waals surface area contributed by atoms with Gasteiger partial charge in [-0.05, 0) is 43.9 Å². The molecule has 1 heterocycles. The van der Waals surface area contributed by atoms with E-state index in [2.05, 4.69) is 24.5 Å². The van der Waals surface area contributed by atoms with Gasteiger partial charge >= 0.3 is 6.03 Å². The molecule has 1 aliphatic rings. The molecule has 1 aliphatic heterocycles. The van der Waals surface area contributed by atoms with Gasteiger partial charge in [0.25, 0.3) is 5.91 Å². The summed E-state index contributed by atoms with van der Waals surface area (Å²) >= 11 is 0. The van der Waals surface area contributed by atoms with Crippen molar-refractivity contribution in [3.8, 4) is 0 Å². The number of nitrogens with one attached hydrogen (secondary N) is 3. The van der Waals surface area contributed by atoms with E-state index in [0.717, 1.165) is 16.9 Å². The molecule has 1 aromatic carbocycles. The van der Waals surface area contributed by atoms with E-state index in [9.17, 15) is 18.0 Å². The predicted molar refractivity (Wildman–Crippen MR) is 111 cm³/mol. The molecule has 1 atom stereocenters. The van der Waals surface area contributed by atoms with Crippen LogP contribution in [0.1, 0.15) is 45.6 Å². The zero-order chi connectivity index (χ0) is 21.6. The maximum absolute atomic E-state index is 12.9. The normalized spacial score (nSPS) is 17.1. The molecular weight excluding hydrogens is 392 g/mol. The highest BCUT2D eigenvalue weighted by atomic mass is 32.2. The summed E-state index contributed by atoms with van der Waals surface area (Å²) < 4.78 is 27.3. The van der Waals surface area contributed by atoms with Crippen molar-refractivity contribution >= 4 is 22.0 Å². The van der Waals surface area contributed by atoms with E-state index in [1.807, 2.05) is 26.0 Å². The Labute approximate surface area is 173 Å². The summed E-state index contributed by atoms with van der Waals surface area (Å²) in [5.41, 5.74) is 1.13. The van der Waals surface area contributed by atoms with E-state index in [0.29, 0.717) is 37.0 Å². The van der Waals surface area contributed by atoms with Gasteiger partial charge in [0.1, 0.15) is 0 Å². The summed E-state index contributed by atoms with van der Waals surface area (Å²) in [5.74, 6) is 0.0303. The first-order valence-electron chi connectivity index (χ1n) is 10.2. The highest BCUT2D eigenvalue weighted by Crippen LogP contribution is 2.22. The summed E-state index contributed by atoms with van der Waals surface area (Å²) in [7, 11) is -3.54. The van der Waals surface area contributed by atoms with Crippen LogP contribution in [0.15, 0.2) is 29.2 Å². The lowest BCUT2D eigenvalue weighted by atomic mass is 9.99. The number of carbonyl (C=O) groups is 2. The average molecular weight is 426 g/mol. The van der Waals surface area contributed by atoms with Gasteiger partial charge in [-0.1, -0.05) is 26.0 Å². The molecular formula is C20H33N4O4S+. The molecule has 3 amide bonds. The molecule has 0 aromatic heterocycles. The number of hydrogen-bond acceptors (Lipinski definition) is 4. The molecule has 0 unspecified atom stereocenters. The maximum Gasteiger partial charge on any atom is 0.321 e. The third-order valence-electron chi connectivity index (χ3n) is 5.21. The highest BCUT2D eigenvalue weighted by Gasteiger charge is 2.31. The van der Waals surface area contributed by atoms with Crippen LogP contribution in [0.2, 0.25) is 0 Å². The van der Waals surface area contributed by atoms with Gasteiger partial charge in [-0.15, -0.1) is 0 Å². The summed E-state index contributed by atoms with van der Waals surface area (Å²) in [4.78, 5) is 24.8. The van der Waals surface area contributed by atoms with Crippen LogP contribution in [-0.4, -0.2) is 63.4 Å². The number of carbonyl (C=O) groups excluding carboxylic acids is 2. The lowest BCUT2D eigenvalue weighted by Crippen LogP contribution is -3.15. The second kappa shape index (κ2) is 10.2. The molecule has 2 rings (SSSR count). The van der Waals surface area contributed by atoms with Gasteiger partial charge in [0, 0.05) is 6.04 Å². The SMILES string of the molecule is CC[C@H](C)c1ccc(S(=O)(=O)N2CC[NH+](CC(=O)NC(=O)NC(C)C)CC2)cc1. The molecule has 1 saturated heterocycles. The van der Waals surface area contributed by atoms with Crippen LogP contribution in [0, 0.1) is 0 Å². The summed E-state index contributed by atoms with van der Waals surface area (Å²) in [6.07, 6.45) is 1.00. The van der Waals surface area contributed by atoms with E-state index in [1.165, 1.54) is 4.31 Å². The van der Waals surface area contributed by atoms with Gasteiger partial charge in [0.15, 0.2) is 6.54 Å². The average Bonchev–Trinajstić information content (AvgIpc) is 2.67. The fourth-order valence-corrected chi connectivity index (χ4v) is 4.71. The Balaban J connectivity index is 1.89. The number of benzene rings is 1. The van der Waals surface area contributed by atoms with Gasteiger partial charge in [-0.2, -0.15) is 4.31 Å². The van der Waals surface area contributed by atoms with Crippen LogP contribution in [0.3, 0.4) is 0 Å². The van der Waals surface area contributed by atoms with Gasteiger partial charge in [0.2, 0.25) is 10.0 Å². The van der Waals surface area contributed by atoms with Gasteiger partial charge in [-0.3, -0.25) is 10.1 Å². The molecule has 0 spiro atoms. The third kappa shape index (κ3) is 6.52. The lowest BCUT2D eigenvalue weighted by Gasteiger charge is -2.31. The number of urea groups is 1. The van der Waals surface area contributed by atoms with Gasteiger partial charge in [0.05, 0.1) is 31.1 Å². The number of amides is 3. The van der Waals surface area contributed by atoms with Crippen molar-refractivity contribution in [1.29, 1.82) is 0 Å². The van der Waals surface area contributed by atoms with Crippen LogP contribution in [0.25, 0.3) is 0 Å². The lowest BCUT2D eigenvalue weighted by molar-refractivity contribution is -0.895. The first kappa shape index (κ1) is 23.3. The van der Waals surface area contributed by atoms with Crippen molar-refractivity contribution in [2.75, 3.05) is 32.7 Å². The van der Waals surface area contributed by atoms with Crippen molar-refractivity contribution in [3.05, 3.63) is 29.8 Å². The number of nitrogens with zero attached hydrogens (tertiary/aromatic N) is 1. The Hall–Kier alpha value is -1.97. The second-order valence-electron chi connectivity index (χ2n) is 7.89. The maximum atomic E-state index is 12.9. The number of hydrogen-bond donors (Lipinski definition) is 3. The summed E-state index contributed by atoms with van der Waals surface area (Å²) in [6, 6.07) is 6.56. The van der Waals surface area contributed by atoms with Crippen molar-refractivity contribution < 1.29 is 22.9 Å². The van der Waals surface area contributed by atoms with Crippen molar-refractivity contribution in [3.63, 3.8) is 0 Å². The minimum atomic E-state index is -3.54. The van der Waals surface area contributed by atoms with Crippen LogP contribution >= 0.6 is 0 Å². The molecule has 1 fully saturated rings. The Morgan fingerprint density at radius 1 is 1.10 bits per heavy atom. The molecule has 9 heteroatoms.